The van der Waals surface area contributed by atoms with Crippen LogP contribution < -0.4 is 5.43 Å². The lowest BCUT2D eigenvalue weighted by Gasteiger charge is -2.17. The van der Waals surface area contributed by atoms with Gasteiger partial charge >= 0.3 is 0 Å². The number of allylic oxidation sites excluding steroid dienone is 2. The molecule has 0 unspecified atom stereocenters. The summed E-state index contributed by atoms with van der Waals surface area (Å²) in [6.45, 7) is 1.89. The number of carbonyl (C=O) groups is 1. The highest BCUT2D eigenvalue weighted by Crippen LogP contribution is 2.04. The van der Waals surface area contributed by atoms with Crippen molar-refractivity contribution < 1.29 is 4.79 Å². The number of nitrogens with one attached hydrogen (secondary N) is 1. The summed E-state index contributed by atoms with van der Waals surface area (Å²) in [4.78, 5) is 11.7. The molecule has 0 aliphatic rings. The van der Waals surface area contributed by atoms with E-state index in [1.54, 1.807) is 11.1 Å². The monoisotopic (exact) mass is 204 g/mol. The third-order valence-electron chi connectivity index (χ3n) is 2.26. The van der Waals surface area contributed by atoms with E-state index in [-0.39, 0.29) is 5.78 Å². The number of benzene rings is 1. The lowest BCUT2D eigenvalue weighted by Crippen LogP contribution is -2.29. The van der Waals surface area contributed by atoms with E-state index >= 15 is 0 Å². The fraction of sp³-hybridized carbons (Fsp3) is 0.250. The van der Waals surface area contributed by atoms with Crippen molar-refractivity contribution in [3.05, 3.63) is 47.7 Å². The Labute approximate surface area is 90.4 Å². The van der Waals surface area contributed by atoms with E-state index in [4.69, 9.17) is 0 Å². The number of carbonyl (C=O) groups excluding carboxylic acids is 1. The van der Waals surface area contributed by atoms with E-state index in [9.17, 15) is 4.79 Å². The maximum atomic E-state index is 11.7. The smallest absolute Gasteiger partial charge is 0.187 e. The van der Waals surface area contributed by atoms with Crippen LogP contribution in [-0.4, -0.2) is 24.9 Å². The highest BCUT2D eigenvalue weighted by atomic mass is 16.1. The van der Waals surface area contributed by atoms with Crippen molar-refractivity contribution in [2.45, 2.75) is 6.92 Å². The second kappa shape index (κ2) is 5.32. The molecule has 0 amide bonds. The second-order valence-corrected chi connectivity index (χ2v) is 3.30. The summed E-state index contributed by atoms with van der Waals surface area (Å²) in [5, 5.41) is 1.79. The fourth-order valence-electron chi connectivity index (χ4n) is 1.15. The molecule has 80 valence electrons. The fourth-order valence-corrected chi connectivity index (χ4v) is 1.15. The molecule has 3 heteroatoms. The van der Waals surface area contributed by atoms with Gasteiger partial charge in [-0.1, -0.05) is 30.3 Å². The maximum Gasteiger partial charge on any atom is 0.187 e. The molecule has 1 aromatic carbocycles. The van der Waals surface area contributed by atoms with Crippen LogP contribution in [-0.2, 0) is 0 Å². The van der Waals surface area contributed by atoms with Gasteiger partial charge in [-0.05, 0) is 6.92 Å². The Bertz CT molecular complexity index is 357. The van der Waals surface area contributed by atoms with Crippen LogP contribution in [0.15, 0.2) is 42.1 Å². The molecule has 0 saturated heterocycles. The molecule has 0 aliphatic carbocycles. The first-order valence-electron chi connectivity index (χ1n) is 4.84. The predicted octanol–water partition coefficient (Wildman–Crippen LogP) is 1.84. The van der Waals surface area contributed by atoms with Gasteiger partial charge < -0.3 is 5.01 Å². The highest BCUT2D eigenvalue weighted by Gasteiger charge is 2.03. The van der Waals surface area contributed by atoms with Gasteiger partial charge in [0.2, 0.25) is 0 Å². The normalized spacial score (nSPS) is 11.3. The molecule has 3 nitrogen and oxygen atoms in total. The Morgan fingerprint density at radius 3 is 2.47 bits per heavy atom. The summed E-state index contributed by atoms with van der Waals surface area (Å²) in [5.41, 5.74) is 4.52. The van der Waals surface area contributed by atoms with Crippen molar-refractivity contribution in [2.75, 3.05) is 14.1 Å². The van der Waals surface area contributed by atoms with Gasteiger partial charge in [0.1, 0.15) is 0 Å². The maximum absolute atomic E-state index is 11.7. The van der Waals surface area contributed by atoms with Crippen molar-refractivity contribution in [2.24, 2.45) is 0 Å². The van der Waals surface area contributed by atoms with Crippen molar-refractivity contribution in [1.29, 1.82) is 0 Å². The third-order valence-corrected chi connectivity index (χ3v) is 2.26. The molecule has 15 heavy (non-hydrogen) atoms. The van der Waals surface area contributed by atoms with Crippen molar-refractivity contribution in [1.82, 2.24) is 10.4 Å². The van der Waals surface area contributed by atoms with E-state index in [1.165, 1.54) is 0 Å². The zero-order valence-corrected chi connectivity index (χ0v) is 9.32. The lowest BCUT2D eigenvalue weighted by molar-refractivity contribution is 0.104. The largest absolute Gasteiger partial charge is 0.316 e. The Balaban J connectivity index is 2.79. The number of hydrogen-bond donors (Lipinski definition) is 1. The van der Waals surface area contributed by atoms with Gasteiger partial charge in [0.15, 0.2) is 5.78 Å². The highest BCUT2D eigenvalue weighted by molar-refractivity contribution is 6.04. The van der Waals surface area contributed by atoms with E-state index < -0.39 is 0 Å². The Morgan fingerprint density at radius 1 is 1.33 bits per heavy atom. The van der Waals surface area contributed by atoms with Crippen molar-refractivity contribution in [3.63, 3.8) is 0 Å². The van der Waals surface area contributed by atoms with E-state index in [2.05, 4.69) is 5.43 Å². The lowest BCUT2D eigenvalue weighted by atomic mass is 10.1. The summed E-state index contributed by atoms with van der Waals surface area (Å²) < 4.78 is 0. The average molecular weight is 204 g/mol. The molecule has 0 atom stereocenters. The van der Waals surface area contributed by atoms with E-state index in [0.717, 1.165) is 5.70 Å². The first-order valence-corrected chi connectivity index (χ1v) is 4.84. The number of hydrazine groups is 1. The van der Waals surface area contributed by atoms with Crippen LogP contribution in [0.25, 0.3) is 0 Å². The topological polar surface area (TPSA) is 32.3 Å². The van der Waals surface area contributed by atoms with Crippen LogP contribution in [0.1, 0.15) is 17.3 Å². The molecule has 0 aliphatic heterocycles. The summed E-state index contributed by atoms with van der Waals surface area (Å²) in [6.07, 6.45) is 1.62. The molecule has 1 aromatic rings. The van der Waals surface area contributed by atoms with Gasteiger partial charge in [-0.25, -0.2) is 5.43 Å². The number of hydrogen-bond acceptors (Lipinski definition) is 3. The molecular formula is C12H16N2O. The molecule has 0 bridgehead atoms. The van der Waals surface area contributed by atoms with Crippen LogP contribution >= 0.6 is 0 Å². The molecule has 1 rings (SSSR count). The van der Waals surface area contributed by atoms with Gasteiger partial charge in [0, 0.05) is 31.4 Å². The quantitative estimate of drug-likeness (QED) is 0.461. The minimum atomic E-state index is 0.0233. The summed E-state index contributed by atoms with van der Waals surface area (Å²) in [6, 6.07) is 9.24. The second-order valence-electron chi connectivity index (χ2n) is 3.30. The standard InChI is InChI=1S/C12H16N2O/c1-10(14(3)13-2)9-12(15)11-7-5-4-6-8-11/h4-9,13H,1-3H3/b10-9+. The SMILES string of the molecule is CNN(C)/C(C)=C/C(=O)c1ccccc1. The molecule has 0 radical (unpaired) electrons. The number of nitrogens with zero attached hydrogens (tertiary/aromatic N) is 1. The minimum absolute atomic E-state index is 0.0233. The Kier molecular flexibility index (Phi) is 4.06. The van der Waals surface area contributed by atoms with Gasteiger partial charge in [0.25, 0.3) is 0 Å². The number of rotatable bonds is 4. The van der Waals surface area contributed by atoms with Gasteiger partial charge in [0.05, 0.1) is 0 Å². The summed E-state index contributed by atoms with van der Waals surface area (Å²) in [7, 11) is 3.68. The van der Waals surface area contributed by atoms with E-state index in [1.807, 2.05) is 51.4 Å². The summed E-state index contributed by atoms with van der Waals surface area (Å²) in [5.74, 6) is 0.0233. The molecular weight excluding hydrogens is 188 g/mol. The van der Waals surface area contributed by atoms with Crippen LogP contribution in [0, 0.1) is 0 Å². The molecule has 0 heterocycles. The molecule has 0 spiro atoms. The zero-order chi connectivity index (χ0) is 11.3. The average Bonchev–Trinajstić information content (AvgIpc) is 2.29. The molecule has 0 fully saturated rings. The summed E-state index contributed by atoms with van der Waals surface area (Å²) >= 11 is 0. The van der Waals surface area contributed by atoms with Crippen LogP contribution in [0.4, 0.5) is 0 Å². The molecule has 0 aromatic heterocycles. The van der Waals surface area contributed by atoms with Gasteiger partial charge in [-0.3, -0.25) is 4.79 Å². The molecule has 0 saturated carbocycles. The van der Waals surface area contributed by atoms with Crippen molar-refractivity contribution >= 4 is 5.78 Å². The zero-order valence-electron chi connectivity index (χ0n) is 9.32. The molecule has 1 N–H and O–H groups in total. The third kappa shape index (κ3) is 3.22. The predicted molar refractivity (Wildman–Crippen MR) is 61.4 cm³/mol. The number of ketones is 1. The minimum Gasteiger partial charge on any atom is -0.316 e. The van der Waals surface area contributed by atoms with Crippen LogP contribution in [0.3, 0.4) is 0 Å². The first-order chi connectivity index (χ1) is 7.15. The van der Waals surface area contributed by atoms with Gasteiger partial charge in [-0.15, -0.1) is 0 Å². The first kappa shape index (κ1) is 11.5. The Hall–Kier alpha value is -1.61. The van der Waals surface area contributed by atoms with Crippen molar-refractivity contribution in [3.8, 4) is 0 Å². The Morgan fingerprint density at radius 2 is 1.93 bits per heavy atom. The van der Waals surface area contributed by atoms with Crippen LogP contribution in [0.5, 0.6) is 0 Å². The van der Waals surface area contributed by atoms with E-state index in [0.29, 0.717) is 5.56 Å². The van der Waals surface area contributed by atoms with Crippen LogP contribution in [0.2, 0.25) is 0 Å². The van der Waals surface area contributed by atoms with Gasteiger partial charge in [-0.2, -0.15) is 0 Å².